The van der Waals surface area contributed by atoms with Gasteiger partial charge < -0.3 is 10.6 Å². The zero-order valence-corrected chi connectivity index (χ0v) is 25.6. The Morgan fingerprint density at radius 1 is 0.711 bits per heavy atom. The summed E-state index contributed by atoms with van der Waals surface area (Å²) in [5.41, 5.74) is 6.06. The van der Waals surface area contributed by atoms with Crippen molar-refractivity contribution in [2.24, 2.45) is 0 Å². The highest BCUT2D eigenvalue weighted by Gasteiger charge is 2.16. The first-order chi connectivity index (χ1) is 21.8. The molecule has 0 fully saturated rings. The molecule has 5 nitrogen and oxygen atoms in total. The molecule has 2 N–H and O–H groups in total. The average Bonchev–Trinajstić information content (AvgIpc) is 3.07. The summed E-state index contributed by atoms with van der Waals surface area (Å²) in [7, 11) is 0. The van der Waals surface area contributed by atoms with E-state index in [4.69, 9.17) is 11.6 Å². The van der Waals surface area contributed by atoms with Gasteiger partial charge in [-0.1, -0.05) is 116 Å². The normalized spacial score (nSPS) is 11.8. The van der Waals surface area contributed by atoms with E-state index >= 15 is 0 Å². The molecule has 45 heavy (non-hydrogen) atoms. The molecule has 0 heterocycles. The van der Waals surface area contributed by atoms with Crippen LogP contribution in [0.15, 0.2) is 139 Å². The van der Waals surface area contributed by atoms with Gasteiger partial charge in [0.15, 0.2) is 0 Å². The molecule has 0 bridgehead atoms. The van der Waals surface area contributed by atoms with Crippen LogP contribution in [-0.4, -0.2) is 17.6 Å². The van der Waals surface area contributed by atoms with Crippen LogP contribution in [0.1, 0.15) is 46.3 Å². The van der Waals surface area contributed by atoms with Crippen molar-refractivity contribution in [3.63, 3.8) is 0 Å². The van der Waals surface area contributed by atoms with Gasteiger partial charge in [-0.3, -0.25) is 14.4 Å². The van der Waals surface area contributed by atoms with Gasteiger partial charge in [0.2, 0.25) is 0 Å². The van der Waals surface area contributed by atoms with Crippen molar-refractivity contribution in [3.8, 4) is 11.1 Å². The fraction of sp³-hybridized carbons (Fsp3) is 0.103. The smallest absolute Gasteiger partial charge is 0.272 e. The number of benzene rings is 5. The number of Topliss-reactive ketones (excluding diaryl/α,β-unsaturated/α-hetero) is 1. The van der Waals surface area contributed by atoms with Gasteiger partial charge in [-0.05, 0) is 76.2 Å². The van der Waals surface area contributed by atoms with E-state index in [1.165, 1.54) is 0 Å². The Morgan fingerprint density at radius 3 is 1.96 bits per heavy atom. The number of anilines is 1. The quantitative estimate of drug-likeness (QED) is 0.146. The number of ketones is 1. The van der Waals surface area contributed by atoms with Gasteiger partial charge in [0.1, 0.15) is 11.5 Å². The summed E-state index contributed by atoms with van der Waals surface area (Å²) in [6, 6.07) is 41.4. The van der Waals surface area contributed by atoms with E-state index in [1.54, 1.807) is 66.7 Å². The van der Waals surface area contributed by atoms with Crippen LogP contribution < -0.4 is 10.6 Å². The third-order valence-corrected chi connectivity index (χ3v) is 7.70. The Hall–Kier alpha value is -5.26. The number of nitrogens with one attached hydrogen (secondary N) is 2. The second-order valence-electron chi connectivity index (χ2n) is 10.9. The lowest BCUT2D eigenvalue weighted by atomic mass is 9.92. The van der Waals surface area contributed by atoms with Crippen LogP contribution in [0.5, 0.6) is 0 Å². The number of rotatable bonds is 11. The molecule has 0 spiro atoms. The number of amides is 2. The first-order valence-electron chi connectivity index (χ1n) is 14.7. The van der Waals surface area contributed by atoms with Gasteiger partial charge in [-0.25, -0.2) is 0 Å². The van der Waals surface area contributed by atoms with Crippen molar-refractivity contribution in [1.82, 2.24) is 5.32 Å². The molecule has 1 atom stereocenters. The number of carbonyl (C=O) groups excluding carboxylic acids is 3. The second-order valence-corrected chi connectivity index (χ2v) is 11.3. The molecule has 224 valence electrons. The van der Waals surface area contributed by atoms with Gasteiger partial charge in [-0.2, -0.15) is 0 Å². The molecule has 0 aliphatic rings. The number of hydrogen-bond acceptors (Lipinski definition) is 3. The fourth-order valence-corrected chi connectivity index (χ4v) is 5.09. The van der Waals surface area contributed by atoms with Crippen molar-refractivity contribution in [1.29, 1.82) is 0 Å². The zero-order valence-electron chi connectivity index (χ0n) is 24.9. The lowest BCUT2D eigenvalue weighted by molar-refractivity contribution is -0.118. The molecule has 0 radical (unpaired) electrons. The Morgan fingerprint density at radius 2 is 1.31 bits per heavy atom. The summed E-state index contributed by atoms with van der Waals surface area (Å²) >= 11 is 6.01. The van der Waals surface area contributed by atoms with Gasteiger partial charge in [0.05, 0.1) is 0 Å². The molecular weight excluding hydrogens is 580 g/mol. The summed E-state index contributed by atoms with van der Waals surface area (Å²) < 4.78 is 0. The highest BCUT2D eigenvalue weighted by Crippen LogP contribution is 2.25. The molecule has 5 aromatic carbocycles. The van der Waals surface area contributed by atoms with Crippen molar-refractivity contribution < 1.29 is 14.4 Å². The second kappa shape index (κ2) is 15.0. The van der Waals surface area contributed by atoms with E-state index in [0.29, 0.717) is 34.7 Å². The summed E-state index contributed by atoms with van der Waals surface area (Å²) in [5.74, 6) is -0.646. The Bertz CT molecular complexity index is 1780. The Labute approximate surface area is 268 Å². The van der Waals surface area contributed by atoms with Crippen LogP contribution >= 0.6 is 11.6 Å². The lowest BCUT2D eigenvalue weighted by Crippen LogP contribution is -2.30. The van der Waals surface area contributed by atoms with Crippen LogP contribution in [0.4, 0.5) is 5.69 Å². The van der Waals surface area contributed by atoms with Gasteiger partial charge in [-0.15, -0.1) is 0 Å². The molecule has 6 heteroatoms. The average molecular weight is 613 g/mol. The monoisotopic (exact) mass is 612 g/mol. The van der Waals surface area contributed by atoms with Gasteiger partial charge in [0, 0.05) is 29.1 Å². The summed E-state index contributed by atoms with van der Waals surface area (Å²) in [6.45, 7) is 2.07. The molecule has 0 saturated carbocycles. The number of halogens is 1. The first-order valence-corrected chi connectivity index (χ1v) is 15.1. The predicted octanol–water partition coefficient (Wildman–Crippen LogP) is 8.72. The Balaban J connectivity index is 1.20. The third-order valence-electron chi connectivity index (χ3n) is 7.44. The van der Waals surface area contributed by atoms with E-state index in [9.17, 15) is 14.4 Å². The summed E-state index contributed by atoms with van der Waals surface area (Å²) in [5, 5.41) is 6.14. The molecule has 2 amide bonds. The predicted molar refractivity (Wildman–Crippen MR) is 182 cm³/mol. The van der Waals surface area contributed by atoms with Gasteiger partial charge in [0.25, 0.3) is 11.8 Å². The zero-order chi connectivity index (χ0) is 31.6. The maximum atomic E-state index is 13.3. The van der Waals surface area contributed by atoms with Crippen molar-refractivity contribution in [3.05, 3.63) is 166 Å². The van der Waals surface area contributed by atoms with Crippen LogP contribution in [-0.2, 0) is 16.0 Å². The first kappa shape index (κ1) is 31.2. The minimum absolute atomic E-state index is 0.0798. The van der Waals surface area contributed by atoms with Crippen LogP contribution in [0, 0.1) is 0 Å². The molecular formula is C39H33ClN2O3. The minimum Gasteiger partial charge on any atom is -0.321 e. The number of hydrogen-bond donors (Lipinski definition) is 2. The molecule has 1 unspecified atom stereocenters. The molecule has 0 aliphatic heterocycles. The van der Waals surface area contributed by atoms with Crippen LogP contribution in [0.25, 0.3) is 17.2 Å². The van der Waals surface area contributed by atoms with Crippen molar-refractivity contribution >= 4 is 41.0 Å². The van der Waals surface area contributed by atoms with E-state index in [2.05, 4.69) is 54.0 Å². The molecule has 0 saturated heterocycles. The van der Waals surface area contributed by atoms with Crippen LogP contribution in [0.3, 0.4) is 0 Å². The number of carbonyl (C=O) groups is 3. The highest BCUT2D eigenvalue weighted by atomic mass is 35.5. The Kier molecular flexibility index (Phi) is 10.4. The molecule has 0 aromatic heterocycles. The molecule has 0 aliphatic carbocycles. The maximum absolute atomic E-state index is 13.3. The van der Waals surface area contributed by atoms with E-state index in [0.717, 1.165) is 22.3 Å². The SMILES string of the molecule is CC(CC(=O)Cc1ccc(NC(=O)/C(=C/c2ccc(Cl)cc2)NC(=O)c2ccccc2)cc1)c1ccc(-c2ccccc2)cc1. The third kappa shape index (κ3) is 8.88. The highest BCUT2D eigenvalue weighted by molar-refractivity contribution is 6.30. The molecule has 5 aromatic rings. The fourth-order valence-electron chi connectivity index (χ4n) is 4.97. The van der Waals surface area contributed by atoms with E-state index in [-0.39, 0.29) is 17.4 Å². The maximum Gasteiger partial charge on any atom is 0.272 e. The van der Waals surface area contributed by atoms with Crippen LogP contribution in [0.2, 0.25) is 5.02 Å². The van der Waals surface area contributed by atoms with Gasteiger partial charge >= 0.3 is 0 Å². The standard InChI is InChI=1S/C39H33ClN2O3/c1-27(30-16-18-32(19-17-30)31-8-4-2-5-9-31)24-36(43)25-28-14-22-35(23-15-28)41-39(45)37(26-29-12-20-34(40)21-13-29)42-38(44)33-10-6-3-7-11-33/h2-23,26-27H,24-25H2,1H3,(H,41,45)(H,42,44)/b37-26-. The van der Waals surface area contributed by atoms with E-state index in [1.807, 2.05) is 36.4 Å². The molecule has 5 rings (SSSR count). The van der Waals surface area contributed by atoms with Crippen molar-refractivity contribution in [2.75, 3.05) is 5.32 Å². The topological polar surface area (TPSA) is 75.3 Å². The largest absolute Gasteiger partial charge is 0.321 e. The lowest BCUT2D eigenvalue weighted by Gasteiger charge is -2.13. The van der Waals surface area contributed by atoms with Crippen molar-refractivity contribution in [2.45, 2.75) is 25.7 Å². The van der Waals surface area contributed by atoms with E-state index < -0.39 is 11.8 Å². The summed E-state index contributed by atoms with van der Waals surface area (Å²) in [4.78, 5) is 39.1. The summed E-state index contributed by atoms with van der Waals surface area (Å²) in [6.07, 6.45) is 2.33. The minimum atomic E-state index is -0.481.